The molecule has 1 aliphatic rings. The van der Waals surface area contributed by atoms with E-state index < -0.39 is 4.92 Å². The van der Waals surface area contributed by atoms with Crippen LogP contribution in [0.15, 0.2) is 36.4 Å². The number of hydrogen-bond donors (Lipinski definition) is 1. The van der Waals surface area contributed by atoms with E-state index in [2.05, 4.69) is 34.6 Å². The molecule has 0 radical (unpaired) electrons. The van der Waals surface area contributed by atoms with Gasteiger partial charge in [0, 0.05) is 12.1 Å². The van der Waals surface area contributed by atoms with E-state index in [-0.39, 0.29) is 5.69 Å². The van der Waals surface area contributed by atoms with Crippen molar-refractivity contribution in [2.75, 3.05) is 5.32 Å². The van der Waals surface area contributed by atoms with Crippen molar-refractivity contribution in [3.63, 3.8) is 0 Å². The summed E-state index contributed by atoms with van der Waals surface area (Å²) >= 11 is 0. The molecule has 5 heteroatoms. The summed E-state index contributed by atoms with van der Waals surface area (Å²) in [7, 11) is 0. The summed E-state index contributed by atoms with van der Waals surface area (Å²) in [5.41, 5.74) is 3.30. The SMILES string of the molecule is Cc1nc(NC2CCc3ccccc3C2)ccc1[N+](=O)[O-]. The smallest absolute Gasteiger partial charge is 0.290 e. The van der Waals surface area contributed by atoms with Crippen LogP contribution in [-0.2, 0) is 12.8 Å². The van der Waals surface area contributed by atoms with Gasteiger partial charge in [0.05, 0.1) is 4.92 Å². The quantitative estimate of drug-likeness (QED) is 0.693. The molecular weight excluding hydrogens is 266 g/mol. The number of aromatic nitrogens is 1. The van der Waals surface area contributed by atoms with Crippen LogP contribution in [0.5, 0.6) is 0 Å². The Morgan fingerprint density at radius 1 is 1.24 bits per heavy atom. The summed E-state index contributed by atoms with van der Waals surface area (Å²) < 4.78 is 0. The number of benzene rings is 1. The van der Waals surface area contributed by atoms with Crippen molar-refractivity contribution in [3.05, 3.63) is 63.3 Å². The first-order valence-electron chi connectivity index (χ1n) is 7.09. The van der Waals surface area contributed by atoms with Gasteiger partial charge >= 0.3 is 0 Å². The molecule has 0 amide bonds. The van der Waals surface area contributed by atoms with Crippen LogP contribution in [0, 0.1) is 17.0 Å². The van der Waals surface area contributed by atoms with Gasteiger partial charge in [-0.05, 0) is 43.4 Å². The molecule has 108 valence electrons. The van der Waals surface area contributed by atoms with Gasteiger partial charge in [0.15, 0.2) is 0 Å². The minimum atomic E-state index is -0.400. The molecule has 2 aromatic rings. The minimum Gasteiger partial charge on any atom is -0.367 e. The predicted molar refractivity (Wildman–Crippen MR) is 81.5 cm³/mol. The number of pyridine rings is 1. The maximum Gasteiger partial charge on any atom is 0.290 e. The van der Waals surface area contributed by atoms with E-state index >= 15 is 0 Å². The second-order valence-corrected chi connectivity index (χ2v) is 5.41. The third-order valence-electron chi connectivity index (χ3n) is 3.95. The summed E-state index contributed by atoms with van der Waals surface area (Å²) in [5, 5.41) is 14.2. The zero-order valence-electron chi connectivity index (χ0n) is 11.9. The summed E-state index contributed by atoms with van der Waals surface area (Å²) in [5.74, 6) is 0.711. The minimum absolute atomic E-state index is 0.0644. The lowest BCUT2D eigenvalue weighted by atomic mass is 9.88. The molecule has 3 rings (SSSR count). The molecule has 0 fully saturated rings. The van der Waals surface area contributed by atoms with Crippen molar-refractivity contribution in [1.82, 2.24) is 4.98 Å². The molecule has 0 saturated heterocycles. The van der Waals surface area contributed by atoms with Crippen LogP contribution in [-0.4, -0.2) is 15.9 Å². The van der Waals surface area contributed by atoms with Gasteiger partial charge in [-0.25, -0.2) is 4.98 Å². The number of nitrogens with one attached hydrogen (secondary N) is 1. The summed E-state index contributed by atoms with van der Waals surface area (Å²) in [6.45, 7) is 1.67. The number of nitro groups is 1. The first kappa shape index (κ1) is 13.5. The highest BCUT2D eigenvalue weighted by molar-refractivity contribution is 5.46. The molecule has 0 spiro atoms. The molecule has 1 N–H and O–H groups in total. The van der Waals surface area contributed by atoms with Gasteiger partial charge in [-0.15, -0.1) is 0 Å². The summed E-state index contributed by atoms with van der Waals surface area (Å²) in [4.78, 5) is 14.7. The fourth-order valence-corrected chi connectivity index (χ4v) is 2.86. The van der Waals surface area contributed by atoms with Crippen LogP contribution in [0.3, 0.4) is 0 Å². The van der Waals surface area contributed by atoms with Gasteiger partial charge < -0.3 is 5.32 Å². The Labute approximate surface area is 123 Å². The highest BCUT2D eigenvalue weighted by Gasteiger charge is 2.19. The Kier molecular flexibility index (Phi) is 3.56. The van der Waals surface area contributed by atoms with Crippen LogP contribution in [0.25, 0.3) is 0 Å². The first-order valence-corrected chi connectivity index (χ1v) is 7.09. The maximum absolute atomic E-state index is 10.8. The fraction of sp³-hybridized carbons (Fsp3) is 0.312. The zero-order valence-corrected chi connectivity index (χ0v) is 11.9. The molecule has 1 aromatic heterocycles. The maximum atomic E-state index is 10.8. The fourth-order valence-electron chi connectivity index (χ4n) is 2.86. The second kappa shape index (κ2) is 5.52. The van der Waals surface area contributed by atoms with E-state index in [0.717, 1.165) is 19.3 Å². The third-order valence-corrected chi connectivity index (χ3v) is 3.95. The van der Waals surface area contributed by atoms with Gasteiger partial charge in [0.1, 0.15) is 11.5 Å². The Balaban J connectivity index is 1.73. The van der Waals surface area contributed by atoms with E-state index in [1.165, 1.54) is 17.2 Å². The van der Waals surface area contributed by atoms with Crippen molar-refractivity contribution in [2.45, 2.75) is 32.2 Å². The van der Waals surface area contributed by atoms with Gasteiger partial charge in [0.2, 0.25) is 0 Å². The second-order valence-electron chi connectivity index (χ2n) is 5.41. The van der Waals surface area contributed by atoms with E-state index in [1.54, 1.807) is 13.0 Å². The number of aryl methyl sites for hydroxylation is 2. The Morgan fingerprint density at radius 2 is 2.00 bits per heavy atom. The molecule has 1 aromatic carbocycles. The molecular formula is C16H17N3O2. The molecule has 21 heavy (non-hydrogen) atoms. The lowest BCUT2D eigenvalue weighted by Gasteiger charge is -2.26. The van der Waals surface area contributed by atoms with E-state index in [4.69, 9.17) is 0 Å². The first-order chi connectivity index (χ1) is 10.1. The van der Waals surface area contributed by atoms with E-state index in [1.807, 2.05) is 0 Å². The topological polar surface area (TPSA) is 68.1 Å². The monoisotopic (exact) mass is 283 g/mol. The zero-order chi connectivity index (χ0) is 14.8. The number of hydrogen-bond acceptors (Lipinski definition) is 4. The molecule has 0 saturated carbocycles. The number of fused-ring (bicyclic) bond motifs is 1. The normalized spacial score (nSPS) is 17.1. The van der Waals surface area contributed by atoms with Gasteiger partial charge in [0.25, 0.3) is 5.69 Å². The number of anilines is 1. The highest BCUT2D eigenvalue weighted by Crippen LogP contribution is 2.24. The molecule has 0 bridgehead atoms. The number of nitrogens with zero attached hydrogens (tertiary/aromatic N) is 2. The lowest BCUT2D eigenvalue weighted by molar-refractivity contribution is -0.385. The predicted octanol–water partition coefficient (Wildman–Crippen LogP) is 3.27. The Hall–Kier alpha value is -2.43. The molecule has 1 atom stereocenters. The standard InChI is InChI=1S/C16H17N3O2/c1-11-15(19(20)21)8-9-16(17-11)18-14-7-6-12-4-2-3-5-13(12)10-14/h2-5,8-9,14H,6-7,10H2,1H3,(H,17,18). The molecule has 5 nitrogen and oxygen atoms in total. The largest absolute Gasteiger partial charge is 0.367 e. The van der Waals surface area contributed by atoms with Crippen molar-refractivity contribution >= 4 is 11.5 Å². The lowest BCUT2D eigenvalue weighted by Crippen LogP contribution is -2.27. The van der Waals surface area contributed by atoms with Crippen LogP contribution >= 0.6 is 0 Å². The molecule has 1 unspecified atom stereocenters. The average molecular weight is 283 g/mol. The van der Waals surface area contributed by atoms with Gasteiger partial charge in [-0.1, -0.05) is 24.3 Å². The highest BCUT2D eigenvalue weighted by atomic mass is 16.6. The van der Waals surface area contributed by atoms with Crippen LogP contribution in [0.1, 0.15) is 23.2 Å². The van der Waals surface area contributed by atoms with E-state index in [0.29, 0.717) is 17.6 Å². The van der Waals surface area contributed by atoms with E-state index in [9.17, 15) is 10.1 Å². The summed E-state index contributed by atoms with van der Waals surface area (Å²) in [6, 6.07) is 12.0. The number of rotatable bonds is 3. The van der Waals surface area contributed by atoms with Gasteiger partial charge in [-0.3, -0.25) is 10.1 Å². The van der Waals surface area contributed by atoms with Crippen LogP contribution in [0.4, 0.5) is 11.5 Å². The van der Waals surface area contributed by atoms with Crippen molar-refractivity contribution in [1.29, 1.82) is 0 Å². The Bertz CT molecular complexity index is 685. The van der Waals surface area contributed by atoms with Crippen molar-refractivity contribution in [2.24, 2.45) is 0 Å². The Morgan fingerprint density at radius 3 is 2.71 bits per heavy atom. The van der Waals surface area contributed by atoms with Crippen molar-refractivity contribution < 1.29 is 4.92 Å². The third kappa shape index (κ3) is 2.86. The molecule has 1 aliphatic carbocycles. The molecule has 0 aliphatic heterocycles. The van der Waals surface area contributed by atoms with Crippen LogP contribution < -0.4 is 5.32 Å². The van der Waals surface area contributed by atoms with Gasteiger partial charge in [-0.2, -0.15) is 0 Å². The van der Waals surface area contributed by atoms with Crippen LogP contribution in [0.2, 0.25) is 0 Å². The molecule has 1 heterocycles. The summed E-state index contributed by atoms with van der Waals surface area (Å²) in [6.07, 6.45) is 3.07. The van der Waals surface area contributed by atoms with Crippen molar-refractivity contribution in [3.8, 4) is 0 Å². The average Bonchev–Trinajstić information content (AvgIpc) is 2.47.